The summed E-state index contributed by atoms with van der Waals surface area (Å²) in [5.41, 5.74) is 2.75. The fraction of sp³-hybridized carbons (Fsp3) is 0.762. The first-order valence-corrected chi connectivity index (χ1v) is 10.2. The lowest BCUT2D eigenvalue weighted by molar-refractivity contribution is -0.140. The van der Waals surface area contributed by atoms with Crippen molar-refractivity contribution < 1.29 is 9.53 Å². The maximum absolute atomic E-state index is 11.0. The second-order valence-electron chi connectivity index (χ2n) is 6.89. The molecule has 0 atom stereocenters. The van der Waals surface area contributed by atoms with E-state index < -0.39 is 0 Å². The average Bonchev–Trinajstić information content (AvgIpc) is 2.61. The number of hydrogen-bond donors (Lipinski definition) is 2. The van der Waals surface area contributed by atoms with Gasteiger partial charge in [0.25, 0.3) is 0 Å². The molecule has 1 aliphatic heterocycles. The molecule has 144 valence electrons. The number of carbonyl (C=O) groups excluding carboxylic acids is 1. The quantitative estimate of drug-likeness (QED) is 0.369. The first-order chi connectivity index (χ1) is 12.3. The van der Waals surface area contributed by atoms with Gasteiger partial charge in [-0.05, 0) is 44.3 Å². The number of ether oxygens (including phenoxy) is 1. The van der Waals surface area contributed by atoms with Crippen LogP contribution in [0.3, 0.4) is 0 Å². The van der Waals surface area contributed by atoms with Gasteiger partial charge in [-0.1, -0.05) is 45.4 Å². The van der Waals surface area contributed by atoms with Crippen LogP contribution in [-0.4, -0.2) is 26.2 Å². The fourth-order valence-corrected chi connectivity index (χ4v) is 3.07. The molecule has 0 radical (unpaired) electrons. The summed E-state index contributed by atoms with van der Waals surface area (Å²) in [5.74, 6) is -0.0882. The van der Waals surface area contributed by atoms with Crippen LogP contribution in [0.5, 0.6) is 0 Å². The molecule has 0 saturated heterocycles. The molecule has 0 unspecified atom stereocenters. The molecule has 0 bridgehead atoms. The molecule has 0 amide bonds. The molecule has 0 aromatic heterocycles. The van der Waals surface area contributed by atoms with Crippen molar-refractivity contribution in [2.45, 2.75) is 84.0 Å². The standard InChI is InChI=1S/C21H38N2O2/c1-3-4-5-9-12-19-15-16-20(23-18-17-22-19)13-10-7-6-8-11-14-21(24)25-2/h15-16,22-23H,3-14,17-18H2,1-2H3/b19-15-,20-16-. The molecule has 0 aromatic rings. The van der Waals surface area contributed by atoms with E-state index in [9.17, 15) is 4.79 Å². The SMILES string of the molecule is CCCCCC/C1=C/C=C(/CCCCCCCC(=O)OC)NCCN1. The van der Waals surface area contributed by atoms with Crippen molar-refractivity contribution in [1.82, 2.24) is 10.6 Å². The van der Waals surface area contributed by atoms with Gasteiger partial charge < -0.3 is 15.4 Å². The summed E-state index contributed by atoms with van der Waals surface area (Å²) in [6.45, 7) is 4.26. The largest absolute Gasteiger partial charge is 0.469 e. The summed E-state index contributed by atoms with van der Waals surface area (Å²) in [6.07, 6.45) is 18.3. The number of esters is 1. The second kappa shape index (κ2) is 14.9. The lowest BCUT2D eigenvalue weighted by Crippen LogP contribution is -2.28. The smallest absolute Gasteiger partial charge is 0.305 e. The van der Waals surface area contributed by atoms with E-state index >= 15 is 0 Å². The number of allylic oxidation sites excluding steroid dienone is 4. The second-order valence-corrected chi connectivity index (χ2v) is 6.89. The average molecular weight is 351 g/mol. The van der Waals surface area contributed by atoms with E-state index in [0.29, 0.717) is 6.42 Å². The molecule has 4 nitrogen and oxygen atoms in total. The molecule has 2 N–H and O–H groups in total. The van der Waals surface area contributed by atoms with Crippen molar-refractivity contribution in [3.05, 3.63) is 23.5 Å². The number of carbonyl (C=O) groups is 1. The highest BCUT2D eigenvalue weighted by Crippen LogP contribution is 2.13. The van der Waals surface area contributed by atoms with E-state index in [1.807, 2.05) is 0 Å². The number of hydrogen-bond acceptors (Lipinski definition) is 4. The molecule has 0 spiro atoms. The molecule has 4 heteroatoms. The lowest BCUT2D eigenvalue weighted by Gasteiger charge is -2.17. The topological polar surface area (TPSA) is 50.4 Å². The van der Waals surface area contributed by atoms with Crippen LogP contribution in [0.15, 0.2) is 23.5 Å². The van der Waals surface area contributed by atoms with Crippen LogP contribution in [0, 0.1) is 0 Å². The minimum absolute atomic E-state index is 0.0882. The lowest BCUT2D eigenvalue weighted by atomic mass is 10.1. The first-order valence-electron chi connectivity index (χ1n) is 10.2. The minimum Gasteiger partial charge on any atom is -0.469 e. The Balaban J connectivity index is 2.19. The predicted octanol–water partition coefficient (Wildman–Crippen LogP) is 4.82. The van der Waals surface area contributed by atoms with Gasteiger partial charge in [-0.3, -0.25) is 4.79 Å². The third-order valence-electron chi connectivity index (χ3n) is 4.67. The first kappa shape index (κ1) is 21.6. The summed E-state index contributed by atoms with van der Waals surface area (Å²) >= 11 is 0. The molecule has 1 heterocycles. The van der Waals surface area contributed by atoms with Crippen LogP contribution in [0.1, 0.15) is 84.0 Å². The van der Waals surface area contributed by atoms with Crippen LogP contribution in [0.2, 0.25) is 0 Å². The fourth-order valence-electron chi connectivity index (χ4n) is 3.07. The van der Waals surface area contributed by atoms with E-state index in [4.69, 9.17) is 0 Å². The van der Waals surface area contributed by atoms with Crippen molar-refractivity contribution in [3.8, 4) is 0 Å². The van der Waals surface area contributed by atoms with Gasteiger partial charge in [0.2, 0.25) is 0 Å². The zero-order valence-corrected chi connectivity index (χ0v) is 16.4. The molecule has 1 rings (SSSR count). The van der Waals surface area contributed by atoms with Gasteiger partial charge in [-0.25, -0.2) is 0 Å². The van der Waals surface area contributed by atoms with E-state index in [1.54, 1.807) is 0 Å². The summed E-state index contributed by atoms with van der Waals surface area (Å²) in [6, 6.07) is 0. The van der Waals surface area contributed by atoms with Crippen LogP contribution in [-0.2, 0) is 9.53 Å². The molecule has 0 fully saturated rings. The Morgan fingerprint density at radius 1 is 0.880 bits per heavy atom. The molecular formula is C21H38N2O2. The predicted molar refractivity (Wildman–Crippen MR) is 105 cm³/mol. The summed E-state index contributed by atoms with van der Waals surface area (Å²) in [7, 11) is 1.46. The monoisotopic (exact) mass is 350 g/mol. The zero-order valence-electron chi connectivity index (χ0n) is 16.4. The molecule has 25 heavy (non-hydrogen) atoms. The third kappa shape index (κ3) is 11.7. The maximum Gasteiger partial charge on any atom is 0.305 e. The third-order valence-corrected chi connectivity index (χ3v) is 4.67. The van der Waals surface area contributed by atoms with Gasteiger partial charge in [0.15, 0.2) is 0 Å². The molecule has 0 saturated carbocycles. The van der Waals surface area contributed by atoms with Gasteiger partial charge in [-0.2, -0.15) is 0 Å². The van der Waals surface area contributed by atoms with E-state index in [0.717, 1.165) is 32.4 Å². The van der Waals surface area contributed by atoms with Crippen LogP contribution >= 0.6 is 0 Å². The molecule has 0 aromatic carbocycles. The van der Waals surface area contributed by atoms with Crippen LogP contribution in [0.4, 0.5) is 0 Å². The Hall–Kier alpha value is -1.45. The number of rotatable bonds is 13. The Morgan fingerprint density at radius 2 is 1.40 bits per heavy atom. The van der Waals surface area contributed by atoms with Gasteiger partial charge in [-0.15, -0.1) is 0 Å². The molecule has 1 aliphatic rings. The molecular weight excluding hydrogens is 312 g/mol. The Labute approximate surface area is 154 Å². The van der Waals surface area contributed by atoms with Gasteiger partial charge in [0, 0.05) is 30.9 Å². The molecule has 0 aliphatic carbocycles. The maximum atomic E-state index is 11.0. The highest BCUT2D eigenvalue weighted by Gasteiger charge is 2.03. The summed E-state index contributed by atoms with van der Waals surface area (Å²) < 4.78 is 4.66. The van der Waals surface area contributed by atoms with Crippen LogP contribution in [0.25, 0.3) is 0 Å². The van der Waals surface area contributed by atoms with Crippen molar-refractivity contribution >= 4 is 5.97 Å². The highest BCUT2D eigenvalue weighted by molar-refractivity contribution is 5.68. The van der Waals surface area contributed by atoms with E-state index in [2.05, 4.69) is 34.4 Å². The van der Waals surface area contributed by atoms with Gasteiger partial charge >= 0.3 is 5.97 Å². The Morgan fingerprint density at radius 3 is 1.96 bits per heavy atom. The zero-order chi connectivity index (χ0) is 18.2. The number of nitrogens with one attached hydrogen (secondary N) is 2. The Kier molecular flexibility index (Phi) is 12.8. The Bertz CT molecular complexity index is 416. The normalized spacial score (nSPS) is 18.6. The summed E-state index contributed by atoms with van der Waals surface area (Å²) in [5, 5.41) is 7.08. The van der Waals surface area contributed by atoms with Crippen LogP contribution < -0.4 is 10.6 Å². The van der Waals surface area contributed by atoms with Gasteiger partial charge in [0.1, 0.15) is 0 Å². The highest BCUT2D eigenvalue weighted by atomic mass is 16.5. The van der Waals surface area contributed by atoms with Crippen molar-refractivity contribution in [1.29, 1.82) is 0 Å². The van der Waals surface area contributed by atoms with Crippen molar-refractivity contribution in [2.24, 2.45) is 0 Å². The van der Waals surface area contributed by atoms with Crippen molar-refractivity contribution in [3.63, 3.8) is 0 Å². The number of methoxy groups -OCH3 is 1. The van der Waals surface area contributed by atoms with Gasteiger partial charge in [0.05, 0.1) is 7.11 Å². The minimum atomic E-state index is -0.0882. The van der Waals surface area contributed by atoms with Crippen molar-refractivity contribution in [2.75, 3.05) is 20.2 Å². The van der Waals surface area contributed by atoms with E-state index in [-0.39, 0.29) is 5.97 Å². The number of unbranched alkanes of at least 4 members (excludes halogenated alkanes) is 7. The van der Waals surface area contributed by atoms with E-state index in [1.165, 1.54) is 69.9 Å². The summed E-state index contributed by atoms with van der Waals surface area (Å²) in [4.78, 5) is 11.0.